The number of aliphatic hydroxyl groups excluding tert-OH is 2. The van der Waals surface area contributed by atoms with E-state index in [4.69, 9.17) is 9.84 Å². The molecule has 1 saturated heterocycles. The third kappa shape index (κ3) is 2.22. The number of carbonyl (C=O) groups is 1. The summed E-state index contributed by atoms with van der Waals surface area (Å²) in [6.45, 7) is 1.30. The van der Waals surface area contributed by atoms with Gasteiger partial charge in [0.2, 0.25) is 0 Å². The van der Waals surface area contributed by atoms with E-state index in [9.17, 15) is 9.90 Å². The number of carbonyl (C=O) groups excluding carboxylic acids is 1. The third-order valence-electron chi connectivity index (χ3n) is 3.62. The monoisotopic (exact) mass is 276 g/mol. The summed E-state index contributed by atoms with van der Waals surface area (Å²) in [5.74, 6) is 0.603. The first-order valence-corrected chi connectivity index (χ1v) is 6.53. The van der Waals surface area contributed by atoms with E-state index in [-0.39, 0.29) is 18.5 Å². The first-order valence-electron chi connectivity index (χ1n) is 6.53. The molecule has 3 atom stereocenters. The van der Waals surface area contributed by atoms with E-state index in [0.29, 0.717) is 17.8 Å². The molecule has 106 valence electrons. The molecule has 1 aromatic heterocycles. The number of benzene rings is 1. The molecule has 1 aliphatic rings. The van der Waals surface area contributed by atoms with Crippen LogP contribution in [0.15, 0.2) is 18.2 Å². The maximum atomic E-state index is 11.4. The van der Waals surface area contributed by atoms with Crippen molar-refractivity contribution in [3.05, 3.63) is 29.6 Å². The van der Waals surface area contributed by atoms with Crippen LogP contribution >= 0.6 is 0 Å². The van der Waals surface area contributed by atoms with Crippen molar-refractivity contribution in [2.24, 2.45) is 0 Å². The lowest BCUT2D eigenvalue weighted by molar-refractivity contribution is -0.0244. The van der Waals surface area contributed by atoms with Crippen LogP contribution in [0.2, 0.25) is 0 Å². The molecule has 3 rings (SSSR count). The van der Waals surface area contributed by atoms with Gasteiger partial charge in [-0.3, -0.25) is 4.79 Å². The number of nitrogens with one attached hydrogen (secondary N) is 1. The van der Waals surface area contributed by atoms with E-state index in [2.05, 4.69) is 9.97 Å². The maximum absolute atomic E-state index is 11.4. The average Bonchev–Trinajstić information content (AvgIpc) is 3.00. The van der Waals surface area contributed by atoms with Crippen LogP contribution in [0.3, 0.4) is 0 Å². The summed E-state index contributed by atoms with van der Waals surface area (Å²) < 4.78 is 5.56. The minimum atomic E-state index is -0.689. The summed E-state index contributed by atoms with van der Waals surface area (Å²) in [4.78, 5) is 18.9. The topological polar surface area (TPSA) is 95.4 Å². The fourth-order valence-corrected chi connectivity index (χ4v) is 2.47. The predicted molar refractivity (Wildman–Crippen MR) is 71.4 cm³/mol. The molecule has 0 saturated carbocycles. The molecule has 0 unspecified atom stereocenters. The third-order valence-corrected chi connectivity index (χ3v) is 3.62. The van der Waals surface area contributed by atoms with Gasteiger partial charge in [0.05, 0.1) is 23.7 Å². The van der Waals surface area contributed by atoms with Crippen LogP contribution in [0.5, 0.6) is 0 Å². The van der Waals surface area contributed by atoms with Gasteiger partial charge in [0.25, 0.3) is 0 Å². The number of aliphatic hydroxyl groups is 2. The first-order chi connectivity index (χ1) is 9.58. The summed E-state index contributed by atoms with van der Waals surface area (Å²) in [5, 5.41) is 18.8. The van der Waals surface area contributed by atoms with Gasteiger partial charge in [-0.05, 0) is 25.1 Å². The molecule has 0 spiro atoms. The minimum absolute atomic E-state index is 0.00377. The second-order valence-electron chi connectivity index (χ2n) is 5.06. The highest BCUT2D eigenvalue weighted by Crippen LogP contribution is 2.32. The average molecular weight is 276 g/mol. The van der Waals surface area contributed by atoms with Crippen molar-refractivity contribution in [3.8, 4) is 0 Å². The molecule has 2 heterocycles. The molecule has 1 aliphatic heterocycles. The Morgan fingerprint density at radius 2 is 2.35 bits per heavy atom. The van der Waals surface area contributed by atoms with Gasteiger partial charge < -0.3 is 19.9 Å². The Hall–Kier alpha value is -1.76. The number of aromatic nitrogens is 2. The van der Waals surface area contributed by atoms with Gasteiger partial charge in [0, 0.05) is 12.0 Å². The van der Waals surface area contributed by atoms with E-state index in [1.54, 1.807) is 18.2 Å². The van der Waals surface area contributed by atoms with Gasteiger partial charge in [-0.1, -0.05) is 0 Å². The predicted octanol–water partition coefficient (Wildman–Crippen LogP) is 0.949. The number of hydrogen-bond acceptors (Lipinski definition) is 5. The fourth-order valence-electron chi connectivity index (χ4n) is 2.47. The first kappa shape index (κ1) is 13.2. The largest absolute Gasteiger partial charge is 0.394 e. The Labute approximate surface area is 115 Å². The van der Waals surface area contributed by atoms with Gasteiger partial charge in [-0.15, -0.1) is 0 Å². The lowest BCUT2D eigenvalue weighted by atomic mass is 10.1. The summed E-state index contributed by atoms with van der Waals surface area (Å²) in [6.07, 6.45) is -1.23. The lowest BCUT2D eigenvalue weighted by Gasteiger charge is -2.09. The van der Waals surface area contributed by atoms with Crippen LogP contribution in [0.1, 0.15) is 35.6 Å². The van der Waals surface area contributed by atoms with Crippen molar-refractivity contribution in [1.82, 2.24) is 9.97 Å². The summed E-state index contributed by atoms with van der Waals surface area (Å²) >= 11 is 0. The highest BCUT2D eigenvalue weighted by Gasteiger charge is 2.35. The van der Waals surface area contributed by atoms with Crippen LogP contribution in [0.25, 0.3) is 11.0 Å². The number of nitrogens with zero attached hydrogens (tertiary/aromatic N) is 1. The van der Waals surface area contributed by atoms with Crippen LogP contribution < -0.4 is 0 Å². The van der Waals surface area contributed by atoms with E-state index in [1.807, 2.05) is 0 Å². The Balaban J connectivity index is 1.92. The number of imidazole rings is 1. The molecule has 0 amide bonds. The van der Waals surface area contributed by atoms with E-state index in [1.165, 1.54) is 6.92 Å². The van der Waals surface area contributed by atoms with Crippen molar-refractivity contribution >= 4 is 16.8 Å². The second-order valence-corrected chi connectivity index (χ2v) is 5.06. The highest BCUT2D eigenvalue weighted by molar-refractivity contribution is 5.97. The zero-order valence-electron chi connectivity index (χ0n) is 11.0. The number of Topliss-reactive ketones (excluding diaryl/α,β-unsaturated/α-hetero) is 1. The number of ether oxygens (including phenoxy) is 1. The van der Waals surface area contributed by atoms with E-state index in [0.717, 1.165) is 11.0 Å². The Morgan fingerprint density at radius 3 is 3.00 bits per heavy atom. The Kier molecular flexibility index (Phi) is 3.29. The minimum Gasteiger partial charge on any atom is -0.394 e. The van der Waals surface area contributed by atoms with Gasteiger partial charge in [0.1, 0.15) is 18.0 Å². The zero-order valence-corrected chi connectivity index (χ0v) is 11.0. The van der Waals surface area contributed by atoms with Gasteiger partial charge in [-0.2, -0.15) is 0 Å². The van der Waals surface area contributed by atoms with Crippen molar-refractivity contribution in [1.29, 1.82) is 0 Å². The molecule has 1 aromatic carbocycles. The fraction of sp³-hybridized carbons (Fsp3) is 0.429. The second kappa shape index (κ2) is 4.97. The molecule has 1 fully saturated rings. The number of ketones is 1. The molecule has 0 radical (unpaired) electrons. The number of rotatable bonds is 3. The van der Waals surface area contributed by atoms with Crippen molar-refractivity contribution < 1.29 is 19.7 Å². The molecule has 2 aromatic rings. The smallest absolute Gasteiger partial charge is 0.159 e. The lowest BCUT2D eigenvalue weighted by Crippen LogP contribution is -2.24. The highest BCUT2D eigenvalue weighted by atomic mass is 16.5. The number of fused-ring (bicyclic) bond motifs is 1. The standard InChI is InChI=1S/C14H16N2O4/c1-7(18)8-2-3-9-10(4-8)16-14(15-9)12-5-11(19)13(6-17)20-12/h2-4,11-13,17,19H,5-6H2,1H3,(H,15,16)/t11-,12+,13+/m0/s1. The SMILES string of the molecule is CC(=O)c1ccc2nc([C@H]3C[C@H](O)[C@@H](CO)O3)[nH]c2c1. The molecule has 0 aliphatic carbocycles. The summed E-state index contributed by atoms with van der Waals surface area (Å²) in [7, 11) is 0. The van der Waals surface area contributed by atoms with Crippen molar-refractivity contribution in [2.45, 2.75) is 31.7 Å². The molecule has 6 nitrogen and oxygen atoms in total. The van der Waals surface area contributed by atoms with E-state index < -0.39 is 12.2 Å². The molecular weight excluding hydrogens is 260 g/mol. The van der Waals surface area contributed by atoms with Gasteiger partial charge in [0.15, 0.2) is 5.78 Å². The van der Waals surface area contributed by atoms with Gasteiger partial charge in [-0.25, -0.2) is 4.98 Å². The molecule has 20 heavy (non-hydrogen) atoms. The zero-order chi connectivity index (χ0) is 14.3. The maximum Gasteiger partial charge on any atom is 0.159 e. The molecule has 3 N–H and O–H groups in total. The quantitative estimate of drug-likeness (QED) is 0.725. The van der Waals surface area contributed by atoms with E-state index >= 15 is 0 Å². The number of aromatic amines is 1. The molecule has 0 bridgehead atoms. The van der Waals surface area contributed by atoms with Crippen molar-refractivity contribution in [3.63, 3.8) is 0 Å². The van der Waals surface area contributed by atoms with Crippen molar-refractivity contribution in [2.75, 3.05) is 6.61 Å². The van der Waals surface area contributed by atoms with Crippen LogP contribution in [0, 0.1) is 0 Å². The Bertz CT molecular complexity index is 652. The number of hydrogen-bond donors (Lipinski definition) is 3. The summed E-state index contributed by atoms with van der Waals surface area (Å²) in [5.41, 5.74) is 2.13. The molecular formula is C14H16N2O4. The molecule has 6 heteroatoms. The number of H-pyrrole nitrogens is 1. The van der Waals surface area contributed by atoms with Crippen LogP contribution in [-0.4, -0.2) is 44.8 Å². The summed E-state index contributed by atoms with van der Waals surface area (Å²) in [6, 6.07) is 5.26. The Morgan fingerprint density at radius 1 is 1.55 bits per heavy atom. The van der Waals surface area contributed by atoms with Gasteiger partial charge >= 0.3 is 0 Å². The normalized spacial score (nSPS) is 26.2. The van der Waals surface area contributed by atoms with Crippen LogP contribution in [0.4, 0.5) is 0 Å². The van der Waals surface area contributed by atoms with Crippen LogP contribution in [-0.2, 0) is 4.74 Å².